The van der Waals surface area contributed by atoms with E-state index in [9.17, 15) is 13.2 Å². The minimum absolute atomic E-state index is 0.278. The number of carbonyl (C=O) groups excluding carboxylic acids is 1. The van der Waals surface area contributed by atoms with Crippen LogP contribution < -0.4 is 5.32 Å². The van der Waals surface area contributed by atoms with E-state index in [2.05, 4.69) is 26.2 Å². The van der Waals surface area contributed by atoms with Gasteiger partial charge < -0.3 is 5.32 Å². The Morgan fingerprint density at radius 2 is 2.20 bits per heavy atom. The summed E-state index contributed by atoms with van der Waals surface area (Å²) < 4.78 is 24.8. The van der Waals surface area contributed by atoms with Gasteiger partial charge in [0.1, 0.15) is 5.69 Å². The maximum atomic E-state index is 11.8. The first-order chi connectivity index (χ1) is 9.36. The summed E-state index contributed by atoms with van der Waals surface area (Å²) in [4.78, 5) is 15.8. The van der Waals surface area contributed by atoms with Crippen molar-refractivity contribution >= 4 is 31.9 Å². The molecule has 112 valence electrons. The molecule has 1 aromatic heterocycles. The first kappa shape index (κ1) is 17.1. The van der Waals surface area contributed by atoms with Crippen LogP contribution in [0.4, 0.5) is 0 Å². The van der Waals surface area contributed by atoms with Crippen molar-refractivity contribution in [2.45, 2.75) is 13.3 Å². The number of aromatic nitrogens is 1. The zero-order chi connectivity index (χ0) is 15.2. The number of nitrogens with zero attached hydrogens (tertiary/aromatic N) is 2. The van der Waals surface area contributed by atoms with Crippen molar-refractivity contribution in [3.05, 3.63) is 28.5 Å². The second-order valence-electron chi connectivity index (χ2n) is 4.20. The summed E-state index contributed by atoms with van der Waals surface area (Å²) in [6.45, 7) is 3.00. The van der Waals surface area contributed by atoms with Crippen LogP contribution in [-0.2, 0) is 10.0 Å². The molecule has 0 aliphatic rings. The van der Waals surface area contributed by atoms with Crippen molar-refractivity contribution in [1.82, 2.24) is 14.6 Å². The predicted octanol–water partition coefficient (Wildman–Crippen LogP) is 1.25. The summed E-state index contributed by atoms with van der Waals surface area (Å²) in [7, 11) is -3.17. The first-order valence-electron chi connectivity index (χ1n) is 6.20. The van der Waals surface area contributed by atoms with E-state index in [1.165, 1.54) is 10.6 Å². The number of amides is 1. The van der Waals surface area contributed by atoms with Crippen molar-refractivity contribution in [3.8, 4) is 0 Å². The molecule has 1 aromatic rings. The molecule has 20 heavy (non-hydrogen) atoms. The van der Waals surface area contributed by atoms with Crippen LogP contribution in [0.3, 0.4) is 0 Å². The summed E-state index contributed by atoms with van der Waals surface area (Å²) in [5.74, 6) is -0.278. The highest BCUT2D eigenvalue weighted by molar-refractivity contribution is 9.10. The zero-order valence-electron chi connectivity index (χ0n) is 11.5. The Bertz CT molecular complexity index is 563. The van der Waals surface area contributed by atoms with E-state index in [0.717, 1.165) is 0 Å². The fraction of sp³-hybridized carbons (Fsp3) is 0.500. The molecule has 0 bridgehead atoms. The van der Waals surface area contributed by atoms with Crippen LogP contribution in [0.2, 0.25) is 0 Å². The molecule has 1 rings (SSSR count). The maximum absolute atomic E-state index is 11.8. The molecule has 0 spiro atoms. The number of nitrogens with one attached hydrogen (secondary N) is 1. The lowest BCUT2D eigenvalue weighted by Gasteiger charge is -2.17. The number of rotatable bonds is 7. The van der Waals surface area contributed by atoms with Gasteiger partial charge in [0.25, 0.3) is 5.91 Å². The van der Waals surface area contributed by atoms with Gasteiger partial charge in [-0.05, 0) is 34.5 Å². The molecule has 1 amide bonds. The van der Waals surface area contributed by atoms with Gasteiger partial charge in [-0.2, -0.15) is 0 Å². The van der Waals surface area contributed by atoms with Gasteiger partial charge in [0.05, 0.1) is 6.26 Å². The maximum Gasteiger partial charge on any atom is 0.271 e. The SMILES string of the molecule is CCN(CCCNC(=O)c1ncccc1Br)S(C)(=O)=O. The molecular formula is C12H18BrN3O3S. The number of halogens is 1. The molecule has 8 heteroatoms. The number of carbonyl (C=O) groups is 1. The van der Waals surface area contributed by atoms with E-state index in [1.54, 1.807) is 25.3 Å². The molecule has 0 aliphatic heterocycles. The van der Waals surface area contributed by atoms with Crippen molar-refractivity contribution in [3.63, 3.8) is 0 Å². The topological polar surface area (TPSA) is 79.4 Å². The lowest BCUT2D eigenvalue weighted by Crippen LogP contribution is -2.33. The third-order valence-electron chi connectivity index (χ3n) is 2.67. The molecule has 1 N–H and O–H groups in total. The van der Waals surface area contributed by atoms with Crippen molar-refractivity contribution < 1.29 is 13.2 Å². The minimum atomic E-state index is -3.17. The summed E-state index contributed by atoms with van der Waals surface area (Å²) in [6.07, 6.45) is 3.28. The number of pyridine rings is 1. The van der Waals surface area contributed by atoms with Crippen LogP contribution in [0.25, 0.3) is 0 Å². The van der Waals surface area contributed by atoms with Crippen LogP contribution in [-0.4, -0.2) is 49.5 Å². The highest BCUT2D eigenvalue weighted by Gasteiger charge is 2.14. The highest BCUT2D eigenvalue weighted by Crippen LogP contribution is 2.12. The fourth-order valence-electron chi connectivity index (χ4n) is 1.65. The molecule has 0 saturated carbocycles. The molecule has 0 radical (unpaired) electrons. The monoisotopic (exact) mass is 363 g/mol. The third-order valence-corrected chi connectivity index (χ3v) is 4.68. The summed E-state index contributed by atoms with van der Waals surface area (Å²) in [6, 6.07) is 3.47. The molecule has 0 saturated heterocycles. The number of hydrogen-bond acceptors (Lipinski definition) is 4. The van der Waals surface area contributed by atoms with Gasteiger partial charge in [-0.3, -0.25) is 4.79 Å². The van der Waals surface area contributed by atoms with Gasteiger partial charge in [-0.15, -0.1) is 0 Å². The van der Waals surface area contributed by atoms with Crippen LogP contribution in [0.5, 0.6) is 0 Å². The molecule has 0 fully saturated rings. The van der Waals surface area contributed by atoms with Gasteiger partial charge in [0, 0.05) is 30.3 Å². The van der Waals surface area contributed by atoms with E-state index in [1.807, 2.05) is 0 Å². The largest absolute Gasteiger partial charge is 0.351 e. The highest BCUT2D eigenvalue weighted by atomic mass is 79.9. The van der Waals surface area contributed by atoms with Gasteiger partial charge in [-0.25, -0.2) is 17.7 Å². The van der Waals surface area contributed by atoms with Crippen LogP contribution in [0.15, 0.2) is 22.8 Å². The zero-order valence-corrected chi connectivity index (χ0v) is 13.9. The van der Waals surface area contributed by atoms with E-state index in [0.29, 0.717) is 36.2 Å². The first-order valence-corrected chi connectivity index (χ1v) is 8.84. The third kappa shape index (κ3) is 5.18. The van der Waals surface area contributed by atoms with Crippen LogP contribution >= 0.6 is 15.9 Å². The number of sulfonamides is 1. The molecule has 0 aromatic carbocycles. The van der Waals surface area contributed by atoms with E-state index < -0.39 is 10.0 Å². The Hall–Kier alpha value is -0.990. The second kappa shape index (κ2) is 7.70. The fourth-order valence-corrected chi connectivity index (χ4v) is 3.02. The van der Waals surface area contributed by atoms with E-state index >= 15 is 0 Å². The van der Waals surface area contributed by atoms with Gasteiger partial charge in [0.2, 0.25) is 10.0 Å². The van der Waals surface area contributed by atoms with E-state index in [4.69, 9.17) is 0 Å². The quantitative estimate of drug-likeness (QED) is 0.739. The second-order valence-corrected chi connectivity index (χ2v) is 7.03. The average Bonchev–Trinajstić information content (AvgIpc) is 2.37. The Kier molecular flexibility index (Phi) is 6.57. The molecule has 0 unspecified atom stereocenters. The lowest BCUT2D eigenvalue weighted by atomic mass is 10.3. The summed E-state index contributed by atoms with van der Waals surface area (Å²) in [5, 5.41) is 2.72. The van der Waals surface area contributed by atoms with Crippen molar-refractivity contribution in [2.75, 3.05) is 25.9 Å². The Balaban J connectivity index is 2.42. The Labute approximate surface area is 127 Å². The summed E-state index contributed by atoms with van der Waals surface area (Å²) in [5.41, 5.74) is 0.322. The molecule has 1 heterocycles. The van der Waals surface area contributed by atoms with Gasteiger partial charge >= 0.3 is 0 Å². The normalized spacial score (nSPS) is 11.6. The summed E-state index contributed by atoms with van der Waals surface area (Å²) >= 11 is 3.26. The number of hydrogen-bond donors (Lipinski definition) is 1. The smallest absolute Gasteiger partial charge is 0.271 e. The Morgan fingerprint density at radius 1 is 1.50 bits per heavy atom. The van der Waals surface area contributed by atoms with Gasteiger partial charge in [0.15, 0.2) is 0 Å². The van der Waals surface area contributed by atoms with Gasteiger partial charge in [-0.1, -0.05) is 6.92 Å². The molecular weight excluding hydrogens is 346 g/mol. The van der Waals surface area contributed by atoms with E-state index in [-0.39, 0.29) is 5.91 Å². The average molecular weight is 364 g/mol. The molecule has 6 nitrogen and oxygen atoms in total. The Morgan fingerprint density at radius 3 is 2.75 bits per heavy atom. The predicted molar refractivity (Wildman–Crippen MR) is 81.0 cm³/mol. The molecule has 0 atom stereocenters. The minimum Gasteiger partial charge on any atom is -0.351 e. The van der Waals surface area contributed by atoms with Crippen molar-refractivity contribution in [2.24, 2.45) is 0 Å². The van der Waals surface area contributed by atoms with Crippen LogP contribution in [0.1, 0.15) is 23.8 Å². The van der Waals surface area contributed by atoms with Crippen LogP contribution in [0, 0.1) is 0 Å². The standard InChI is InChI=1S/C12H18BrN3O3S/c1-3-16(20(2,18)19)9-5-8-15-12(17)11-10(13)6-4-7-14-11/h4,6-7H,3,5,8-9H2,1-2H3,(H,15,17). The molecule has 0 aliphatic carbocycles. The lowest BCUT2D eigenvalue weighted by molar-refractivity contribution is 0.0947. The van der Waals surface area contributed by atoms with Crippen molar-refractivity contribution in [1.29, 1.82) is 0 Å².